The van der Waals surface area contributed by atoms with Crippen LogP contribution in [0.5, 0.6) is 5.75 Å². The summed E-state index contributed by atoms with van der Waals surface area (Å²) < 4.78 is 0. The van der Waals surface area contributed by atoms with Crippen molar-refractivity contribution in [2.24, 2.45) is 23.5 Å². The molecule has 2 fully saturated rings. The van der Waals surface area contributed by atoms with Gasteiger partial charge in [-0.25, -0.2) is 0 Å². The maximum Gasteiger partial charge on any atom is 0.229 e. The second-order valence-corrected chi connectivity index (χ2v) is 5.44. The molecule has 2 aliphatic rings. The molecule has 0 heterocycles. The summed E-state index contributed by atoms with van der Waals surface area (Å²) >= 11 is 0. The van der Waals surface area contributed by atoms with Crippen molar-refractivity contribution in [3.63, 3.8) is 0 Å². The standard InChI is InChI=1S/C14H18N2O2/c15-13-9-6-5-8(7-9)12(13)14(18)16-10-3-1-2-4-11(10)17/h1-4,8-9,12-13,17H,5-7,15H2,(H,16,18). The molecule has 96 valence electrons. The van der Waals surface area contributed by atoms with Gasteiger partial charge in [-0.05, 0) is 43.2 Å². The van der Waals surface area contributed by atoms with Gasteiger partial charge in [0.25, 0.3) is 0 Å². The van der Waals surface area contributed by atoms with E-state index in [-0.39, 0.29) is 23.6 Å². The summed E-state index contributed by atoms with van der Waals surface area (Å²) in [6, 6.07) is 6.77. The summed E-state index contributed by atoms with van der Waals surface area (Å²) in [7, 11) is 0. The normalized spacial score (nSPS) is 33.6. The molecule has 0 aromatic heterocycles. The number of anilines is 1. The molecule has 4 nitrogen and oxygen atoms in total. The van der Waals surface area contributed by atoms with E-state index in [0.717, 1.165) is 19.3 Å². The number of hydrogen-bond acceptors (Lipinski definition) is 3. The van der Waals surface area contributed by atoms with Crippen LogP contribution < -0.4 is 11.1 Å². The summed E-state index contributed by atoms with van der Waals surface area (Å²) in [6.45, 7) is 0. The lowest BCUT2D eigenvalue weighted by atomic mass is 9.84. The Morgan fingerprint density at radius 1 is 1.28 bits per heavy atom. The Balaban J connectivity index is 1.74. The van der Waals surface area contributed by atoms with Crippen molar-refractivity contribution < 1.29 is 9.90 Å². The van der Waals surface area contributed by atoms with Gasteiger partial charge in [-0.15, -0.1) is 0 Å². The Morgan fingerprint density at radius 2 is 2.00 bits per heavy atom. The SMILES string of the molecule is NC1C2CCC(C2)C1C(=O)Nc1ccccc1O. The summed E-state index contributed by atoms with van der Waals surface area (Å²) in [6.07, 6.45) is 3.35. The minimum absolute atomic E-state index is 0.0189. The molecule has 4 heteroatoms. The largest absolute Gasteiger partial charge is 0.506 e. The van der Waals surface area contributed by atoms with Crippen LogP contribution >= 0.6 is 0 Å². The minimum Gasteiger partial charge on any atom is -0.506 e. The van der Waals surface area contributed by atoms with Crippen LogP contribution in [0.15, 0.2) is 24.3 Å². The van der Waals surface area contributed by atoms with Gasteiger partial charge < -0.3 is 16.2 Å². The predicted molar refractivity (Wildman–Crippen MR) is 69.0 cm³/mol. The first-order valence-electron chi connectivity index (χ1n) is 6.51. The van der Waals surface area contributed by atoms with Crippen molar-refractivity contribution in [3.8, 4) is 5.75 Å². The molecule has 4 N–H and O–H groups in total. The van der Waals surface area contributed by atoms with E-state index in [1.54, 1.807) is 24.3 Å². The fraction of sp³-hybridized carbons (Fsp3) is 0.500. The molecule has 3 rings (SSSR count). The van der Waals surface area contributed by atoms with E-state index in [0.29, 0.717) is 17.5 Å². The molecular weight excluding hydrogens is 228 g/mol. The molecule has 0 aliphatic heterocycles. The van der Waals surface area contributed by atoms with Crippen molar-refractivity contribution >= 4 is 11.6 Å². The number of nitrogens with two attached hydrogens (primary N) is 1. The first-order valence-corrected chi connectivity index (χ1v) is 6.51. The molecule has 2 bridgehead atoms. The molecule has 2 aliphatic carbocycles. The van der Waals surface area contributed by atoms with Crippen LogP contribution in [0.25, 0.3) is 0 Å². The van der Waals surface area contributed by atoms with Crippen molar-refractivity contribution in [2.45, 2.75) is 25.3 Å². The number of carbonyl (C=O) groups is 1. The van der Waals surface area contributed by atoms with Gasteiger partial charge in [-0.2, -0.15) is 0 Å². The Morgan fingerprint density at radius 3 is 2.67 bits per heavy atom. The number of fused-ring (bicyclic) bond motifs is 2. The molecule has 0 spiro atoms. The van der Waals surface area contributed by atoms with Gasteiger partial charge in [0, 0.05) is 6.04 Å². The Bertz CT molecular complexity index is 473. The summed E-state index contributed by atoms with van der Waals surface area (Å²) in [5.74, 6) is 0.896. The van der Waals surface area contributed by atoms with E-state index in [4.69, 9.17) is 5.73 Å². The fourth-order valence-electron chi connectivity index (χ4n) is 3.52. The van der Waals surface area contributed by atoms with E-state index in [1.165, 1.54) is 0 Å². The van der Waals surface area contributed by atoms with Crippen LogP contribution in [0.3, 0.4) is 0 Å². The first kappa shape index (κ1) is 11.5. The zero-order valence-corrected chi connectivity index (χ0v) is 10.2. The van der Waals surface area contributed by atoms with E-state index in [1.807, 2.05) is 0 Å². The number of phenols is 1. The highest BCUT2D eigenvalue weighted by Gasteiger charge is 2.49. The summed E-state index contributed by atoms with van der Waals surface area (Å²) in [5.41, 5.74) is 6.60. The third kappa shape index (κ3) is 1.77. The van der Waals surface area contributed by atoms with E-state index in [2.05, 4.69) is 5.32 Å². The van der Waals surface area contributed by atoms with E-state index in [9.17, 15) is 9.90 Å². The highest BCUT2D eigenvalue weighted by molar-refractivity contribution is 5.94. The number of hydrogen-bond donors (Lipinski definition) is 3. The molecular formula is C14H18N2O2. The number of benzene rings is 1. The monoisotopic (exact) mass is 246 g/mol. The first-order chi connectivity index (χ1) is 8.66. The molecule has 0 saturated heterocycles. The van der Waals surface area contributed by atoms with Gasteiger partial charge in [0.05, 0.1) is 11.6 Å². The molecule has 2 saturated carbocycles. The number of rotatable bonds is 2. The average molecular weight is 246 g/mol. The van der Waals surface area contributed by atoms with Gasteiger partial charge >= 0.3 is 0 Å². The third-order valence-corrected chi connectivity index (χ3v) is 4.45. The van der Waals surface area contributed by atoms with Crippen molar-refractivity contribution in [3.05, 3.63) is 24.3 Å². The van der Waals surface area contributed by atoms with Gasteiger partial charge in [-0.3, -0.25) is 4.79 Å². The minimum atomic E-state index is -0.0941. The summed E-state index contributed by atoms with van der Waals surface area (Å²) in [4.78, 5) is 12.3. The van der Waals surface area contributed by atoms with Crippen LogP contribution in [0.2, 0.25) is 0 Å². The van der Waals surface area contributed by atoms with Crippen molar-refractivity contribution in [1.29, 1.82) is 0 Å². The lowest BCUT2D eigenvalue weighted by Gasteiger charge is -2.27. The van der Waals surface area contributed by atoms with E-state index >= 15 is 0 Å². The highest BCUT2D eigenvalue weighted by Crippen LogP contribution is 2.48. The average Bonchev–Trinajstić information content (AvgIpc) is 2.92. The smallest absolute Gasteiger partial charge is 0.229 e. The predicted octanol–water partition coefficient (Wildman–Crippen LogP) is 1.70. The molecule has 18 heavy (non-hydrogen) atoms. The maximum absolute atomic E-state index is 12.3. The van der Waals surface area contributed by atoms with Gasteiger partial charge in [0.15, 0.2) is 0 Å². The highest BCUT2D eigenvalue weighted by atomic mass is 16.3. The molecule has 1 amide bonds. The molecule has 0 radical (unpaired) electrons. The Hall–Kier alpha value is -1.55. The Kier molecular flexibility index (Phi) is 2.74. The van der Waals surface area contributed by atoms with Gasteiger partial charge in [-0.1, -0.05) is 12.1 Å². The lowest BCUT2D eigenvalue weighted by Crippen LogP contribution is -2.42. The number of aromatic hydroxyl groups is 1. The van der Waals surface area contributed by atoms with E-state index < -0.39 is 0 Å². The van der Waals surface area contributed by atoms with Gasteiger partial charge in [0.1, 0.15) is 5.75 Å². The lowest BCUT2D eigenvalue weighted by molar-refractivity contribution is -0.121. The number of phenolic OH excluding ortho intramolecular Hbond substituents is 1. The summed E-state index contributed by atoms with van der Waals surface area (Å²) in [5, 5.41) is 12.5. The molecule has 4 atom stereocenters. The zero-order valence-electron chi connectivity index (χ0n) is 10.2. The van der Waals surface area contributed by atoms with Gasteiger partial charge in [0.2, 0.25) is 5.91 Å². The number of carbonyl (C=O) groups excluding carboxylic acids is 1. The zero-order chi connectivity index (χ0) is 12.7. The van der Waals surface area contributed by atoms with Crippen molar-refractivity contribution in [2.75, 3.05) is 5.32 Å². The maximum atomic E-state index is 12.3. The second-order valence-electron chi connectivity index (χ2n) is 5.44. The fourth-order valence-corrected chi connectivity index (χ4v) is 3.52. The van der Waals surface area contributed by atoms with Crippen LogP contribution in [0.4, 0.5) is 5.69 Å². The molecule has 1 aromatic carbocycles. The van der Waals surface area contributed by atoms with Crippen molar-refractivity contribution in [1.82, 2.24) is 0 Å². The number of nitrogens with one attached hydrogen (secondary N) is 1. The third-order valence-electron chi connectivity index (χ3n) is 4.45. The number of para-hydroxylation sites is 2. The quantitative estimate of drug-likeness (QED) is 0.695. The molecule has 4 unspecified atom stereocenters. The topological polar surface area (TPSA) is 75.4 Å². The number of amides is 1. The van der Waals surface area contributed by atoms with Crippen LogP contribution in [0.1, 0.15) is 19.3 Å². The second kappa shape index (κ2) is 4.28. The van der Waals surface area contributed by atoms with Crippen LogP contribution in [-0.4, -0.2) is 17.1 Å². The van der Waals surface area contributed by atoms with Crippen LogP contribution in [0, 0.1) is 17.8 Å². The van der Waals surface area contributed by atoms with Crippen LogP contribution in [-0.2, 0) is 4.79 Å². The Labute approximate surface area is 106 Å². The molecule has 1 aromatic rings.